The highest BCUT2D eigenvalue weighted by molar-refractivity contribution is 5.97. The number of aryl methyl sites for hydroxylation is 1. The highest BCUT2D eigenvalue weighted by atomic mass is 16.5. The third-order valence-corrected chi connectivity index (χ3v) is 3.63. The minimum atomic E-state index is -0.182. The Morgan fingerprint density at radius 3 is 2.83 bits per heavy atom. The topological polar surface area (TPSA) is 79.5 Å². The maximum absolute atomic E-state index is 12.7. The van der Waals surface area contributed by atoms with Crippen molar-refractivity contribution in [3.05, 3.63) is 59.4 Å². The smallest absolute Gasteiger partial charge is 0.257 e. The second kappa shape index (κ2) is 6.58. The number of aliphatic hydroxyl groups excluding tert-OH is 1. The average Bonchev–Trinajstić information content (AvgIpc) is 2.95. The van der Waals surface area contributed by atoms with Crippen molar-refractivity contribution in [1.82, 2.24) is 15.0 Å². The molecule has 2 aromatic heterocycles. The maximum Gasteiger partial charge on any atom is 0.257 e. The number of nitrogens with zero attached hydrogens (tertiary/aromatic N) is 3. The number of aliphatic hydroxyl groups is 1. The summed E-state index contributed by atoms with van der Waals surface area (Å²) in [4.78, 5) is 18.5. The second-order valence-corrected chi connectivity index (χ2v) is 5.28. The van der Waals surface area contributed by atoms with Gasteiger partial charge in [-0.3, -0.25) is 4.79 Å². The van der Waals surface area contributed by atoms with Crippen LogP contribution in [-0.2, 0) is 6.54 Å². The lowest BCUT2D eigenvalue weighted by Gasteiger charge is -2.21. The van der Waals surface area contributed by atoms with Gasteiger partial charge in [0, 0.05) is 19.3 Å². The van der Waals surface area contributed by atoms with Crippen LogP contribution in [0.2, 0.25) is 0 Å². The molecule has 0 saturated heterocycles. The van der Waals surface area contributed by atoms with Crippen molar-refractivity contribution < 1.29 is 14.4 Å². The van der Waals surface area contributed by atoms with E-state index in [-0.39, 0.29) is 19.1 Å². The van der Waals surface area contributed by atoms with Crippen LogP contribution in [-0.4, -0.2) is 39.2 Å². The van der Waals surface area contributed by atoms with Crippen LogP contribution in [0.25, 0.3) is 11.1 Å². The molecule has 0 bridgehead atoms. The standard InChI is InChI=1S/C17H17N3O3/c1-12-15-9-14(10-18-16(15)23-19-12)17(22)20(7-8-21)11-13-5-3-2-4-6-13/h2-6,9-10,21H,7-8,11H2,1H3. The monoisotopic (exact) mass is 311 g/mol. The molecule has 23 heavy (non-hydrogen) atoms. The molecule has 3 aromatic rings. The number of carbonyl (C=O) groups excluding carboxylic acids is 1. The molecule has 0 aliphatic heterocycles. The van der Waals surface area contributed by atoms with E-state index < -0.39 is 0 Å². The minimum Gasteiger partial charge on any atom is -0.395 e. The van der Waals surface area contributed by atoms with Gasteiger partial charge in [-0.2, -0.15) is 0 Å². The molecule has 0 spiro atoms. The predicted molar refractivity (Wildman–Crippen MR) is 84.8 cm³/mol. The molecule has 0 atom stereocenters. The zero-order chi connectivity index (χ0) is 16.2. The van der Waals surface area contributed by atoms with Crippen molar-refractivity contribution in [1.29, 1.82) is 0 Å². The van der Waals surface area contributed by atoms with E-state index in [1.165, 1.54) is 6.20 Å². The highest BCUT2D eigenvalue weighted by Gasteiger charge is 2.18. The van der Waals surface area contributed by atoms with Gasteiger partial charge < -0.3 is 14.5 Å². The molecule has 0 aliphatic carbocycles. The number of aromatic nitrogens is 2. The number of benzene rings is 1. The van der Waals surface area contributed by atoms with Gasteiger partial charge in [0.25, 0.3) is 11.6 Å². The van der Waals surface area contributed by atoms with E-state index in [2.05, 4.69) is 10.1 Å². The molecule has 6 heteroatoms. The first-order valence-corrected chi connectivity index (χ1v) is 7.35. The summed E-state index contributed by atoms with van der Waals surface area (Å²) in [6, 6.07) is 11.4. The van der Waals surface area contributed by atoms with E-state index in [0.717, 1.165) is 10.9 Å². The molecule has 1 aromatic carbocycles. The van der Waals surface area contributed by atoms with Gasteiger partial charge in [-0.15, -0.1) is 0 Å². The van der Waals surface area contributed by atoms with E-state index >= 15 is 0 Å². The molecular weight excluding hydrogens is 294 g/mol. The Morgan fingerprint density at radius 1 is 1.30 bits per heavy atom. The summed E-state index contributed by atoms with van der Waals surface area (Å²) >= 11 is 0. The van der Waals surface area contributed by atoms with E-state index in [0.29, 0.717) is 23.5 Å². The predicted octanol–water partition coefficient (Wildman–Crippen LogP) is 2.17. The average molecular weight is 311 g/mol. The number of amides is 1. The molecule has 0 fully saturated rings. The van der Waals surface area contributed by atoms with Gasteiger partial charge >= 0.3 is 0 Å². The summed E-state index contributed by atoms with van der Waals surface area (Å²) in [6.07, 6.45) is 1.48. The fraction of sp³-hybridized carbons (Fsp3) is 0.235. The van der Waals surface area contributed by atoms with Crippen molar-refractivity contribution in [2.75, 3.05) is 13.2 Å². The summed E-state index contributed by atoms with van der Waals surface area (Å²) < 4.78 is 5.06. The molecule has 118 valence electrons. The van der Waals surface area contributed by atoms with E-state index in [1.807, 2.05) is 30.3 Å². The summed E-state index contributed by atoms with van der Waals surface area (Å²) in [5, 5.41) is 13.8. The number of pyridine rings is 1. The Hall–Kier alpha value is -2.73. The Bertz CT molecular complexity index is 814. The van der Waals surface area contributed by atoms with Crippen molar-refractivity contribution >= 4 is 17.0 Å². The summed E-state index contributed by atoms with van der Waals surface area (Å²) in [6.45, 7) is 2.40. The number of carbonyl (C=O) groups is 1. The molecular formula is C17H17N3O3. The van der Waals surface area contributed by atoms with Gasteiger partial charge in [0.15, 0.2) is 0 Å². The Kier molecular flexibility index (Phi) is 4.34. The highest BCUT2D eigenvalue weighted by Crippen LogP contribution is 2.18. The fourth-order valence-corrected chi connectivity index (χ4v) is 2.42. The zero-order valence-corrected chi connectivity index (χ0v) is 12.8. The zero-order valence-electron chi connectivity index (χ0n) is 12.8. The van der Waals surface area contributed by atoms with Gasteiger partial charge in [-0.05, 0) is 18.6 Å². The summed E-state index contributed by atoms with van der Waals surface area (Å²) in [5.74, 6) is -0.182. The van der Waals surface area contributed by atoms with Gasteiger partial charge in [0.1, 0.15) is 0 Å². The molecule has 3 rings (SSSR count). The molecule has 1 amide bonds. The quantitative estimate of drug-likeness (QED) is 0.781. The number of rotatable bonds is 5. The SMILES string of the molecule is Cc1noc2ncc(C(=O)N(CCO)Cc3ccccc3)cc12. The Labute approximate surface area is 133 Å². The molecule has 6 nitrogen and oxygen atoms in total. The lowest BCUT2D eigenvalue weighted by Crippen LogP contribution is -2.33. The van der Waals surface area contributed by atoms with Crippen LogP contribution in [0, 0.1) is 6.92 Å². The molecule has 0 saturated carbocycles. The van der Waals surface area contributed by atoms with Crippen molar-refractivity contribution in [3.8, 4) is 0 Å². The molecule has 2 heterocycles. The van der Waals surface area contributed by atoms with Crippen molar-refractivity contribution in [2.24, 2.45) is 0 Å². The lowest BCUT2D eigenvalue weighted by atomic mass is 10.1. The third kappa shape index (κ3) is 3.22. The summed E-state index contributed by atoms with van der Waals surface area (Å²) in [5.41, 5.74) is 2.56. The number of fused-ring (bicyclic) bond motifs is 1. The van der Waals surface area contributed by atoms with Crippen LogP contribution in [0.4, 0.5) is 0 Å². The first kappa shape index (κ1) is 15.2. The normalized spacial score (nSPS) is 10.9. The van der Waals surface area contributed by atoms with Crippen LogP contribution in [0.5, 0.6) is 0 Å². The molecule has 0 radical (unpaired) electrons. The van der Waals surface area contributed by atoms with E-state index in [9.17, 15) is 9.90 Å². The van der Waals surface area contributed by atoms with E-state index in [1.54, 1.807) is 17.9 Å². The second-order valence-electron chi connectivity index (χ2n) is 5.28. The van der Waals surface area contributed by atoms with Gasteiger partial charge in [0.05, 0.1) is 23.3 Å². The van der Waals surface area contributed by atoms with Crippen LogP contribution >= 0.6 is 0 Å². The first-order chi connectivity index (χ1) is 11.2. The van der Waals surface area contributed by atoms with Crippen LogP contribution in [0.15, 0.2) is 47.1 Å². The van der Waals surface area contributed by atoms with Crippen LogP contribution in [0.3, 0.4) is 0 Å². The van der Waals surface area contributed by atoms with Crippen LogP contribution < -0.4 is 0 Å². The summed E-state index contributed by atoms with van der Waals surface area (Å²) in [7, 11) is 0. The third-order valence-electron chi connectivity index (χ3n) is 3.63. The first-order valence-electron chi connectivity index (χ1n) is 7.35. The van der Waals surface area contributed by atoms with E-state index in [4.69, 9.17) is 4.52 Å². The maximum atomic E-state index is 12.7. The Morgan fingerprint density at radius 2 is 2.09 bits per heavy atom. The van der Waals surface area contributed by atoms with Crippen LogP contribution in [0.1, 0.15) is 21.6 Å². The molecule has 1 N–H and O–H groups in total. The lowest BCUT2D eigenvalue weighted by molar-refractivity contribution is 0.0707. The largest absolute Gasteiger partial charge is 0.395 e. The van der Waals surface area contributed by atoms with Crippen molar-refractivity contribution in [2.45, 2.75) is 13.5 Å². The minimum absolute atomic E-state index is 0.0967. The van der Waals surface area contributed by atoms with Gasteiger partial charge in [-0.25, -0.2) is 4.98 Å². The Balaban J connectivity index is 1.88. The van der Waals surface area contributed by atoms with Gasteiger partial charge in [-0.1, -0.05) is 35.5 Å². The molecule has 0 aliphatic rings. The number of hydrogen-bond donors (Lipinski definition) is 1. The molecule has 0 unspecified atom stereocenters. The number of hydrogen-bond acceptors (Lipinski definition) is 5. The fourth-order valence-electron chi connectivity index (χ4n) is 2.42. The van der Waals surface area contributed by atoms with Crippen molar-refractivity contribution in [3.63, 3.8) is 0 Å². The van der Waals surface area contributed by atoms with Gasteiger partial charge in [0.2, 0.25) is 0 Å².